The highest BCUT2D eigenvalue weighted by Gasteiger charge is 2.16. The van der Waals surface area contributed by atoms with Crippen molar-refractivity contribution in [2.75, 3.05) is 26.8 Å². The number of nitrogens with zero attached hydrogens (tertiary/aromatic N) is 4. The van der Waals surface area contributed by atoms with Crippen molar-refractivity contribution in [3.05, 3.63) is 41.5 Å². The molecule has 0 saturated carbocycles. The lowest BCUT2D eigenvalue weighted by Gasteiger charge is -2.17. The van der Waals surface area contributed by atoms with Crippen LogP contribution in [0.2, 0.25) is 0 Å². The van der Waals surface area contributed by atoms with Crippen LogP contribution in [-0.2, 0) is 18.3 Å². The largest absolute Gasteiger partial charge is 0.497 e. The number of hydrogen-bond acceptors (Lipinski definition) is 5. The number of hydrogen-bond donors (Lipinski definition) is 2. The van der Waals surface area contributed by atoms with Crippen LogP contribution in [0.5, 0.6) is 5.75 Å². The monoisotopic (exact) mass is 414 g/mol. The second kappa shape index (κ2) is 11.0. The summed E-state index contributed by atoms with van der Waals surface area (Å²) < 4.78 is 12.9. The van der Waals surface area contributed by atoms with Crippen LogP contribution >= 0.6 is 0 Å². The number of aromatic nitrogens is 3. The van der Waals surface area contributed by atoms with Gasteiger partial charge in [0.25, 0.3) is 0 Å². The molecule has 8 nitrogen and oxygen atoms in total. The fraction of sp³-hybridized carbons (Fsp3) is 0.591. The summed E-state index contributed by atoms with van der Waals surface area (Å²) in [6.07, 6.45) is 3.48. The van der Waals surface area contributed by atoms with Crippen LogP contribution in [0, 0.1) is 6.92 Å². The molecule has 164 valence electrons. The predicted molar refractivity (Wildman–Crippen MR) is 118 cm³/mol. The van der Waals surface area contributed by atoms with Gasteiger partial charge in [0.15, 0.2) is 11.8 Å². The maximum Gasteiger partial charge on any atom is 0.191 e. The molecule has 2 atom stereocenters. The molecular weight excluding hydrogens is 380 g/mol. The van der Waals surface area contributed by atoms with E-state index in [2.05, 4.69) is 39.9 Å². The number of aliphatic imine (C=N–C) groups is 1. The van der Waals surface area contributed by atoms with Crippen LogP contribution in [0.4, 0.5) is 0 Å². The predicted octanol–water partition coefficient (Wildman–Crippen LogP) is 2.54. The third-order valence-electron chi connectivity index (χ3n) is 5.64. The van der Waals surface area contributed by atoms with Gasteiger partial charge in [-0.15, -0.1) is 10.2 Å². The number of guanidine groups is 1. The molecule has 8 heteroatoms. The normalized spacial score (nSPS) is 17.7. The minimum Gasteiger partial charge on any atom is -0.497 e. The van der Waals surface area contributed by atoms with Crippen molar-refractivity contribution in [3.63, 3.8) is 0 Å². The van der Waals surface area contributed by atoms with Crippen LogP contribution < -0.4 is 15.4 Å². The molecule has 2 N–H and O–H groups in total. The van der Waals surface area contributed by atoms with Gasteiger partial charge in [0.1, 0.15) is 18.1 Å². The fourth-order valence-corrected chi connectivity index (χ4v) is 3.43. The van der Waals surface area contributed by atoms with E-state index in [0.29, 0.717) is 12.5 Å². The minimum absolute atomic E-state index is 0.257. The molecule has 2 unspecified atom stereocenters. The highest BCUT2D eigenvalue weighted by Crippen LogP contribution is 2.21. The van der Waals surface area contributed by atoms with Crippen molar-refractivity contribution in [1.82, 2.24) is 25.4 Å². The summed E-state index contributed by atoms with van der Waals surface area (Å²) in [5.74, 6) is 3.83. The number of nitrogens with one attached hydrogen (secondary N) is 2. The van der Waals surface area contributed by atoms with Gasteiger partial charge >= 0.3 is 0 Å². The molecule has 0 amide bonds. The standard InChI is InChI=1S/C22H34N6O2/c1-16(18-7-9-19(29-4)10-8-18)11-12-23-22(24-14-20-6-5-13-30-20)25-15-21-27-26-17(2)28(21)3/h7-10,16,20H,5-6,11-15H2,1-4H3,(H2,23,24,25). The van der Waals surface area contributed by atoms with Gasteiger partial charge in [-0.25, -0.2) is 4.99 Å². The molecule has 30 heavy (non-hydrogen) atoms. The Bertz CT molecular complexity index is 812. The van der Waals surface area contributed by atoms with Crippen molar-refractivity contribution >= 4 is 5.96 Å². The molecule has 2 aromatic rings. The highest BCUT2D eigenvalue weighted by molar-refractivity contribution is 5.79. The molecule has 1 aromatic carbocycles. The lowest BCUT2D eigenvalue weighted by atomic mass is 9.98. The van der Waals surface area contributed by atoms with Gasteiger partial charge < -0.3 is 24.7 Å². The van der Waals surface area contributed by atoms with Gasteiger partial charge in [-0.1, -0.05) is 19.1 Å². The van der Waals surface area contributed by atoms with Crippen LogP contribution in [0.3, 0.4) is 0 Å². The van der Waals surface area contributed by atoms with Crippen LogP contribution in [0.15, 0.2) is 29.3 Å². The van der Waals surface area contributed by atoms with E-state index in [1.165, 1.54) is 5.56 Å². The topological polar surface area (TPSA) is 85.6 Å². The van der Waals surface area contributed by atoms with Crippen LogP contribution in [0.1, 0.15) is 49.3 Å². The van der Waals surface area contributed by atoms with Gasteiger partial charge in [-0.3, -0.25) is 0 Å². The zero-order valence-corrected chi connectivity index (χ0v) is 18.5. The summed E-state index contributed by atoms with van der Waals surface area (Å²) in [6, 6.07) is 8.28. The number of benzene rings is 1. The average Bonchev–Trinajstić information content (AvgIpc) is 3.40. The third-order valence-corrected chi connectivity index (χ3v) is 5.64. The first-order valence-corrected chi connectivity index (χ1v) is 10.7. The Labute approximate surface area is 179 Å². The van der Waals surface area contributed by atoms with E-state index in [-0.39, 0.29) is 6.10 Å². The Balaban J connectivity index is 1.54. The van der Waals surface area contributed by atoms with E-state index < -0.39 is 0 Å². The summed E-state index contributed by atoms with van der Waals surface area (Å²) in [5, 5.41) is 15.2. The molecule has 3 rings (SSSR count). The molecule has 0 aliphatic carbocycles. The number of aryl methyl sites for hydroxylation is 1. The zero-order chi connectivity index (χ0) is 21.3. The maximum absolute atomic E-state index is 5.73. The molecule has 0 spiro atoms. The van der Waals surface area contributed by atoms with Gasteiger partial charge in [0, 0.05) is 26.7 Å². The Hall–Kier alpha value is -2.61. The second-order valence-electron chi connectivity index (χ2n) is 7.79. The summed E-state index contributed by atoms with van der Waals surface area (Å²) >= 11 is 0. The Kier molecular flexibility index (Phi) is 8.07. The first-order chi connectivity index (χ1) is 14.6. The van der Waals surface area contributed by atoms with E-state index in [1.807, 2.05) is 30.7 Å². The first kappa shape index (κ1) is 22.1. The van der Waals surface area contributed by atoms with Crippen LogP contribution in [-0.4, -0.2) is 53.6 Å². The first-order valence-electron chi connectivity index (χ1n) is 10.7. The lowest BCUT2D eigenvalue weighted by Crippen LogP contribution is -2.41. The smallest absolute Gasteiger partial charge is 0.191 e. The third kappa shape index (κ3) is 6.19. The molecule has 1 aromatic heterocycles. The van der Waals surface area contributed by atoms with E-state index in [1.54, 1.807) is 7.11 Å². The summed E-state index contributed by atoms with van der Waals surface area (Å²) in [4.78, 5) is 4.72. The summed E-state index contributed by atoms with van der Waals surface area (Å²) in [6.45, 7) is 7.09. The molecule has 1 saturated heterocycles. The average molecular weight is 415 g/mol. The van der Waals surface area contributed by atoms with Gasteiger partial charge in [0.05, 0.1) is 13.2 Å². The number of methoxy groups -OCH3 is 1. The van der Waals surface area contributed by atoms with E-state index in [4.69, 9.17) is 14.5 Å². The van der Waals surface area contributed by atoms with E-state index >= 15 is 0 Å². The lowest BCUT2D eigenvalue weighted by molar-refractivity contribution is 0.114. The summed E-state index contributed by atoms with van der Waals surface area (Å²) in [7, 11) is 3.65. The van der Waals surface area contributed by atoms with Crippen molar-refractivity contribution in [3.8, 4) is 5.75 Å². The molecular formula is C22H34N6O2. The molecule has 1 aliphatic rings. The van der Waals surface area contributed by atoms with Crippen molar-refractivity contribution in [2.24, 2.45) is 12.0 Å². The molecule has 0 bridgehead atoms. The van der Waals surface area contributed by atoms with Crippen LogP contribution in [0.25, 0.3) is 0 Å². The minimum atomic E-state index is 0.257. The molecule has 0 radical (unpaired) electrons. The van der Waals surface area contributed by atoms with Gasteiger partial charge in [-0.05, 0) is 49.8 Å². The number of rotatable bonds is 9. The molecule has 1 aliphatic heterocycles. The quantitative estimate of drug-likeness (QED) is 0.484. The Morgan fingerprint density at radius 3 is 2.73 bits per heavy atom. The second-order valence-corrected chi connectivity index (χ2v) is 7.79. The van der Waals surface area contributed by atoms with Gasteiger partial charge in [0.2, 0.25) is 0 Å². The molecule has 1 fully saturated rings. The van der Waals surface area contributed by atoms with Crippen molar-refractivity contribution in [1.29, 1.82) is 0 Å². The summed E-state index contributed by atoms with van der Waals surface area (Å²) in [5.41, 5.74) is 1.30. The SMILES string of the molecule is COc1ccc(C(C)CCNC(=NCc2nnc(C)n2C)NCC2CCCO2)cc1. The van der Waals surface area contributed by atoms with Crippen molar-refractivity contribution in [2.45, 2.75) is 51.7 Å². The zero-order valence-electron chi connectivity index (χ0n) is 18.5. The van der Waals surface area contributed by atoms with E-state index in [0.717, 1.165) is 62.3 Å². The fourth-order valence-electron chi connectivity index (χ4n) is 3.43. The highest BCUT2D eigenvalue weighted by atomic mass is 16.5. The van der Waals surface area contributed by atoms with Gasteiger partial charge in [-0.2, -0.15) is 0 Å². The molecule has 2 heterocycles. The number of ether oxygens (including phenoxy) is 2. The maximum atomic E-state index is 5.73. The van der Waals surface area contributed by atoms with Crippen molar-refractivity contribution < 1.29 is 9.47 Å². The Morgan fingerprint density at radius 1 is 1.30 bits per heavy atom. The van der Waals surface area contributed by atoms with E-state index in [9.17, 15) is 0 Å². The Morgan fingerprint density at radius 2 is 2.10 bits per heavy atom.